The van der Waals surface area contributed by atoms with Gasteiger partial charge < -0.3 is 20.3 Å². The monoisotopic (exact) mass is 467 g/mol. The summed E-state index contributed by atoms with van der Waals surface area (Å²) in [5.41, 5.74) is -0.494. The molecule has 1 rings (SSSR count). The van der Waals surface area contributed by atoms with Gasteiger partial charge in [0.25, 0.3) is 0 Å². The number of carbonyl (C=O) groups excluding carboxylic acids is 1. The van der Waals surface area contributed by atoms with Crippen molar-refractivity contribution in [3.05, 3.63) is 12.2 Å². The number of hydrogen-bond donors (Lipinski definition) is 2. The minimum Gasteiger partial charge on any atom is -0.444 e. The predicted octanol–water partition coefficient (Wildman–Crippen LogP) is 1.36. The summed E-state index contributed by atoms with van der Waals surface area (Å²) < 4.78 is 7.08. The molecule has 25 heavy (non-hydrogen) atoms. The van der Waals surface area contributed by atoms with Gasteiger partial charge in [-0.1, -0.05) is 0 Å². The highest BCUT2D eigenvalue weighted by molar-refractivity contribution is 14.0. The molecule has 0 fully saturated rings. The number of guanidine groups is 1. The van der Waals surface area contributed by atoms with Crippen LogP contribution < -0.4 is 10.6 Å². The molecule has 0 unspecified atom stereocenters. The smallest absolute Gasteiger partial charge is 0.410 e. The van der Waals surface area contributed by atoms with Crippen LogP contribution >= 0.6 is 24.0 Å². The van der Waals surface area contributed by atoms with E-state index in [1.54, 1.807) is 16.6 Å². The van der Waals surface area contributed by atoms with E-state index in [1.807, 2.05) is 34.7 Å². The number of aliphatic imine (C=N–C) groups is 1. The summed E-state index contributed by atoms with van der Waals surface area (Å²) in [4.78, 5) is 22.0. The van der Waals surface area contributed by atoms with Crippen LogP contribution in [0.1, 0.15) is 33.5 Å². The second-order valence-electron chi connectivity index (χ2n) is 6.21. The lowest BCUT2D eigenvalue weighted by Crippen LogP contribution is -2.44. The van der Waals surface area contributed by atoms with Crippen molar-refractivity contribution in [1.29, 1.82) is 0 Å². The maximum absolute atomic E-state index is 12.1. The highest BCUT2D eigenvalue weighted by atomic mass is 127. The molecule has 10 heteroatoms. The first kappa shape index (κ1) is 23.4. The number of amides is 1. The van der Waals surface area contributed by atoms with Gasteiger partial charge in [-0.15, -0.1) is 24.0 Å². The van der Waals surface area contributed by atoms with E-state index in [1.165, 1.54) is 6.33 Å². The Kier molecular flexibility index (Phi) is 10.4. The van der Waals surface area contributed by atoms with Crippen molar-refractivity contribution in [2.24, 2.45) is 12.0 Å². The lowest BCUT2D eigenvalue weighted by Gasteiger charge is -2.26. The number of rotatable bonds is 6. The molecule has 9 nitrogen and oxygen atoms in total. The van der Waals surface area contributed by atoms with E-state index in [0.29, 0.717) is 32.1 Å². The van der Waals surface area contributed by atoms with Crippen molar-refractivity contribution < 1.29 is 9.53 Å². The van der Waals surface area contributed by atoms with Gasteiger partial charge in [0.15, 0.2) is 5.96 Å². The van der Waals surface area contributed by atoms with E-state index in [-0.39, 0.29) is 30.1 Å². The summed E-state index contributed by atoms with van der Waals surface area (Å²) >= 11 is 0. The average Bonchev–Trinajstić information content (AvgIpc) is 2.90. The minimum absolute atomic E-state index is 0. The molecular formula is C15H30IN7O2. The first-order valence-corrected chi connectivity index (χ1v) is 8.02. The molecular weight excluding hydrogens is 437 g/mol. The third kappa shape index (κ3) is 8.89. The molecule has 0 saturated heterocycles. The molecule has 144 valence electrons. The van der Waals surface area contributed by atoms with E-state index in [9.17, 15) is 4.79 Å². The summed E-state index contributed by atoms with van der Waals surface area (Å²) in [5, 5.41) is 10.3. The van der Waals surface area contributed by atoms with Gasteiger partial charge >= 0.3 is 6.09 Å². The van der Waals surface area contributed by atoms with Crippen LogP contribution in [-0.2, 0) is 18.3 Å². The zero-order chi connectivity index (χ0) is 18.2. The van der Waals surface area contributed by atoms with Crippen molar-refractivity contribution in [3.8, 4) is 0 Å². The van der Waals surface area contributed by atoms with Crippen LogP contribution in [0.25, 0.3) is 0 Å². The summed E-state index contributed by atoms with van der Waals surface area (Å²) in [6, 6.07) is 0. The molecule has 0 aromatic carbocycles. The van der Waals surface area contributed by atoms with Crippen LogP contribution in [0.5, 0.6) is 0 Å². The number of nitrogens with zero attached hydrogens (tertiary/aromatic N) is 5. The number of hydrogen-bond acceptors (Lipinski definition) is 5. The molecule has 1 amide bonds. The molecule has 0 atom stereocenters. The van der Waals surface area contributed by atoms with Crippen LogP contribution in [-0.4, -0.2) is 64.0 Å². The predicted molar refractivity (Wildman–Crippen MR) is 108 cm³/mol. The van der Waals surface area contributed by atoms with Crippen LogP contribution in [0.3, 0.4) is 0 Å². The standard InChI is InChI=1S/C15H29N7O2.HI/c1-7-22(14(23)24-15(2,3)4)9-8-17-13(16-5)18-10-12-19-11-20-21(12)6;/h11H,7-10H2,1-6H3,(H2,16,17,18);1H. The molecule has 0 saturated carbocycles. The molecule has 1 aromatic rings. The maximum atomic E-state index is 12.1. The Morgan fingerprint density at radius 2 is 2.08 bits per heavy atom. The number of halogens is 1. The number of likely N-dealkylation sites (N-methyl/N-ethyl adjacent to an activating group) is 1. The van der Waals surface area contributed by atoms with Crippen molar-refractivity contribution >= 4 is 36.0 Å². The zero-order valence-corrected chi connectivity index (χ0v) is 18.2. The van der Waals surface area contributed by atoms with Crippen molar-refractivity contribution in [3.63, 3.8) is 0 Å². The van der Waals surface area contributed by atoms with Crippen LogP contribution in [0.4, 0.5) is 4.79 Å². The molecule has 1 heterocycles. The summed E-state index contributed by atoms with van der Waals surface area (Å²) in [7, 11) is 3.53. The summed E-state index contributed by atoms with van der Waals surface area (Å²) in [6.45, 7) is 9.67. The Bertz CT molecular complexity index is 554. The van der Waals surface area contributed by atoms with Gasteiger partial charge in [-0.25, -0.2) is 9.78 Å². The fourth-order valence-corrected chi connectivity index (χ4v) is 1.88. The van der Waals surface area contributed by atoms with Gasteiger partial charge in [0.1, 0.15) is 17.8 Å². The second-order valence-corrected chi connectivity index (χ2v) is 6.21. The van der Waals surface area contributed by atoms with E-state index in [0.717, 1.165) is 5.82 Å². The van der Waals surface area contributed by atoms with E-state index in [4.69, 9.17) is 4.74 Å². The fraction of sp³-hybridized carbons (Fsp3) is 0.733. The Hall–Kier alpha value is -1.59. The van der Waals surface area contributed by atoms with Gasteiger partial charge in [-0.05, 0) is 27.7 Å². The third-order valence-corrected chi connectivity index (χ3v) is 3.15. The molecule has 0 aliphatic heterocycles. The second kappa shape index (κ2) is 11.1. The van der Waals surface area contributed by atoms with Crippen LogP contribution in [0, 0.1) is 0 Å². The van der Waals surface area contributed by atoms with Crippen molar-refractivity contribution in [2.45, 2.75) is 39.8 Å². The molecule has 0 aliphatic rings. The van der Waals surface area contributed by atoms with Gasteiger partial charge in [-0.2, -0.15) is 5.10 Å². The topological polar surface area (TPSA) is 96.7 Å². The first-order chi connectivity index (χ1) is 11.3. The van der Waals surface area contributed by atoms with Crippen molar-refractivity contribution in [2.75, 3.05) is 26.7 Å². The van der Waals surface area contributed by atoms with Gasteiger partial charge in [-0.3, -0.25) is 9.67 Å². The van der Waals surface area contributed by atoms with E-state index in [2.05, 4.69) is 25.7 Å². The van der Waals surface area contributed by atoms with Crippen LogP contribution in [0.2, 0.25) is 0 Å². The van der Waals surface area contributed by atoms with Gasteiger partial charge in [0.05, 0.1) is 6.54 Å². The minimum atomic E-state index is -0.494. The average molecular weight is 467 g/mol. The highest BCUT2D eigenvalue weighted by Gasteiger charge is 2.20. The van der Waals surface area contributed by atoms with E-state index >= 15 is 0 Å². The number of aromatic nitrogens is 3. The number of nitrogens with one attached hydrogen (secondary N) is 2. The fourth-order valence-electron chi connectivity index (χ4n) is 1.88. The number of carbonyl (C=O) groups is 1. The summed E-state index contributed by atoms with van der Waals surface area (Å²) in [5.74, 6) is 1.44. The molecule has 0 aliphatic carbocycles. The Balaban J connectivity index is 0.00000576. The van der Waals surface area contributed by atoms with Crippen LogP contribution in [0.15, 0.2) is 11.3 Å². The number of aryl methyl sites for hydroxylation is 1. The number of ether oxygens (including phenoxy) is 1. The molecule has 1 aromatic heterocycles. The Labute approximate surface area is 166 Å². The lowest BCUT2D eigenvalue weighted by atomic mass is 10.2. The zero-order valence-electron chi connectivity index (χ0n) is 15.9. The Morgan fingerprint density at radius 3 is 2.56 bits per heavy atom. The first-order valence-electron chi connectivity index (χ1n) is 8.02. The normalized spacial score (nSPS) is 11.5. The van der Waals surface area contributed by atoms with Gasteiger partial charge in [0.2, 0.25) is 0 Å². The van der Waals surface area contributed by atoms with E-state index < -0.39 is 5.60 Å². The van der Waals surface area contributed by atoms with Gasteiger partial charge in [0, 0.05) is 33.7 Å². The molecule has 0 bridgehead atoms. The highest BCUT2D eigenvalue weighted by Crippen LogP contribution is 2.09. The largest absolute Gasteiger partial charge is 0.444 e. The molecule has 0 radical (unpaired) electrons. The molecule has 2 N–H and O–H groups in total. The lowest BCUT2D eigenvalue weighted by molar-refractivity contribution is 0.0264. The summed E-state index contributed by atoms with van der Waals surface area (Å²) in [6.07, 6.45) is 1.20. The maximum Gasteiger partial charge on any atom is 0.410 e. The quantitative estimate of drug-likeness (QED) is 0.373. The molecule has 0 spiro atoms. The third-order valence-electron chi connectivity index (χ3n) is 3.15. The SMILES string of the molecule is CCN(CCNC(=NC)NCc1ncnn1C)C(=O)OC(C)(C)C.I. The van der Waals surface area contributed by atoms with Crippen molar-refractivity contribution in [1.82, 2.24) is 30.3 Å². The Morgan fingerprint density at radius 1 is 1.40 bits per heavy atom.